The molecule has 0 amide bonds. The average molecular weight is 422 g/mol. The summed E-state index contributed by atoms with van der Waals surface area (Å²) >= 11 is 0. The monoisotopic (exact) mass is 422 g/mol. The molecule has 0 unspecified atom stereocenters. The molecule has 4 aromatic rings. The third-order valence-corrected chi connectivity index (χ3v) is 4.80. The van der Waals surface area contributed by atoms with Crippen LogP contribution in [-0.2, 0) is 9.53 Å². The van der Waals surface area contributed by atoms with Crippen molar-refractivity contribution in [3.05, 3.63) is 114 Å². The highest BCUT2D eigenvalue weighted by molar-refractivity contribution is 5.92. The first-order valence-corrected chi connectivity index (χ1v) is 9.96. The molecule has 0 bridgehead atoms. The molecule has 0 N–H and O–H groups in total. The number of benzene rings is 4. The smallest absolute Gasteiger partial charge is 0.340 e. The van der Waals surface area contributed by atoms with Crippen LogP contribution in [0, 0.1) is 17.7 Å². The van der Waals surface area contributed by atoms with E-state index in [1.54, 1.807) is 18.2 Å². The van der Waals surface area contributed by atoms with Gasteiger partial charge in [0.1, 0.15) is 11.6 Å². The molecule has 32 heavy (non-hydrogen) atoms. The summed E-state index contributed by atoms with van der Waals surface area (Å²) in [6.45, 7) is 0. The molecule has 0 radical (unpaired) electrons. The number of methoxy groups -OCH3 is 1. The zero-order chi connectivity index (χ0) is 22.3. The van der Waals surface area contributed by atoms with Crippen molar-refractivity contribution in [2.24, 2.45) is 0 Å². The second-order valence-corrected chi connectivity index (χ2v) is 6.95. The van der Waals surface area contributed by atoms with Crippen molar-refractivity contribution in [2.75, 3.05) is 7.11 Å². The summed E-state index contributed by atoms with van der Waals surface area (Å²) in [4.78, 5) is 12.4. The van der Waals surface area contributed by atoms with E-state index in [4.69, 9.17) is 9.47 Å². The number of allylic oxidation sites excluding steroid dienone is 1. The van der Waals surface area contributed by atoms with E-state index >= 15 is 0 Å². The van der Waals surface area contributed by atoms with Crippen LogP contribution in [0.3, 0.4) is 0 Å². The number of ether oxygens (including phenoxy) is 2. The Balaban J connectivity index is 1.53. The molecule has 0 aromatic heterocycles. The van der Waals surface area contributed by atoms with Gasteiger partial charge in [0.2, 0.25) is 0 Å². The molecule has 3 nitrogen and oxygen atoms in total. The van der Waals surface area contributed by atoms with Gasteiger partial charge in [-0.15, -0.1) is 0 Å². The number of carbonyl (C=O) groups excluding carboxylic acids is 1. The molecule has 0 aliphatic heterocycles. The second kappa shape index (κ2) is 9.63. The van der Waals surface area contributed by atoms with Crippen LogP contribution in [0.4, 0.5) is 4.39 Å². The lowest BCUT2D eigenvalue weighted by Gasteiger charge is -2.06. The summed E-state index contributed by atoms with van der Waals surface area (Å²) in [5, 5.41) is 1.83. The van der Waals surface area contributed by atoms with Gasteiger partial charge in [-0.1, -0.05) is 66.6 Å². The molecule has 0 aliphatic rings. The van der Waals surface area contributed by atoms with Gasteiger partial charge >= 0.3 is 5.97 Å². The van der Waals surface area contributed by atoms with E-state index in [9.17, 15) is 9.18 Å². The molecule has 0 spiro atoms. The van der Waals surface area contributed by atoms with Crippen LogP contribution in [0.25, 0.3) is 21.9 Å². The Morgan fingerprint density at radius 3 is 2.44 bits per heavy atom. The fourth-order valence-electron chi connectivity index (χ4n) is 3.23. The maximum Gasteiger partial charge on any atom is 0.340 e. The third-order valence-electron chi connectivity index (χ3n) is 4.80. The minimum Gasteiger partial charge on any atom is -0.488 e. The maximum absolute atomic E-state index is 13.2. The summed E-state index contributed by atoms with van der Waals surface area (Å²) in [5.41, 5.74) is 2.53. The number of rotatable bonds is 4. The number of fused-ring (bicyclic) bond motifs is 1. The summed E-state index contributed by atoms with van der Waals surface area (Å²) < 4.78 is 23.9. The van der Waals surface area contributed by atoms with Crippen molar-refractivity contribution in [3.8, 4) is 28.7 Å². The van der Waals surface area contributed by atoms with Crippen LogP contribution in [0.2, 0.25) is 0 Å². The molecule has 4 rings (SSSR count). The van der Waals surface area contributed by atoms with Crippen LogP contribution in [-0.4, -0.2) is 13.1 Å². The molecule has 0 atom stereocenters. The molecule has 0 saturated heterocycles. The van der Waals surface area contributed by atoms with Crippen LogP contribution in [0.15, 0.2) is 103 Å². The number of halogens is 1. The van der Waals surface area contributed by atoms with Gasteiger partial charge in [0.05, 0.1) is 13.2 Å². The Labute approximate surface area is 185 Å². The van der Waals surface area contributed by atoms with E-state index in [0.29, 0.717) is 5.75 Å². The topological polar surface area (TPSA) is 35.5 Å². The van der Waals surface area contributed by atoms with Crippen molar-refractivity contribution in [2.45, 2.75) is 0 Å². The van der Waals surface area contributed by atoms with E-state index < -0.39 is 5.97 Å². The Kier molecular flexibility index (Phi) is 6.29. The van der Waals surface area contributed by atoms with E-state index in [1.807, 2.05) is 60.7 Å². The van der Waals surface area contributed by atoms with Crippen LogP contribution in [0.1, 0.15) is 5.56 Å². The lowest BCUT2D eigenvalue weighted by Crippen LogP contribution is -2.06. The fraction of sp³-hybridized carbons (Fsp3) is 0.0357. The van der Waals surface area contributed by atoms with Crippen LogP contribution >= 0.6 is 0 Å². The lowest BCUT2D eigenvalue weighted by molar-refractivity contribution is -0.129. The van der Waals surface area contributed by atoms with Gasteiger partial charge in [0.25, 0.3) is 0 Å². The molecular weight excluding hydrogens is 403 g/mol. The minimum absolute atomic E-state index is 0.183. The molecule has 0 saturated carbocycles. The van der Waals surface area contributed by atoms with E-state index in [-0.39, 0.29) is 11.6 Å². The van der Waals surface area contributed by atoms with Crippen LogP contribution < -0.4 is 4.74 Å². The maximum atomic E-state index is 13.2. The van der Waals surface area contributed by atoms with Gasteiger partial charge in [0.15, 0.2) is 5.76 Å². The zero-order valence-electron chi connectivity index (χ0n) is 17.3. The first kappa shape index (κ1) is 20.9. The molecular formula is C28H19FO3. The zero-order valence-corrected chi connectivity index (χ0v) is 17.3. The highest BCUT2D eigenvalue weighted by Crippen LogP contribution is 2.25. The SMILES string of the molecule is CO/C(C#Cc1cccc(-c2ccc(F)cc2)c1)=C\C(=O)Oc1cccc2ccccc12. The minimum atomic E-state index is -0.576. The quantitative estimate of drug-likeness (QED) is 0.130. The summed E-state index contributed by atoms with van der Waals surface area (Å²) in [5.74, 6) is 5.64. The first-order valence-electron chi connectivity index (χ1n) is 9.96. The lowest BCUT2D eigenvalue weighted by atomic mass is 10.0. The van der Waals surface area contributed by atoms with Gasteiger partial charge in [0, 0.05) is 10.9 Å². The summed E-state index contributed by atoms with van der Waals surface area (Å²) in [7, 11) is 1.45. The number of hydrogen-bond donors (Lipinski definition) is 0. The van der Waals surface area contributed by atoms with Crippen molar-refractivity contribution in [3.63, 3.8) is 0 Å². The first-order chi connectivity index (χ1) is 15.6. The van der Waals surface area contributed by atoms with Crippen molar-refractivity contribution >= 4 is 16.7 Å². The highest BCUT2D eigenvalue weighted by Gasteiger charge is 2.07. The Morgan fingerprint density at radius 1 is 0.875 bits per heavy atom. The van der Waals surface area contributed by atoms with Crippen molar-refractivity contribution in [1.29, 1.82) is 0 Å². The summed E-state index contributed by atoms with van der Waals surface area (Å²) in [6.07, 6.45) is 1.22. The number of hydrogen-bond acceptors (Lipinski definition) is 3. The predicted molar refractivity (Wildman–Crippen MR) is 123 cm³/mol. The third kappa shape index (κ3) is 5.03. The molecule has 4 aromatic carbocycles. The normalized spacial score (nSPS) is 10.9. The largest absolute Gasteiger partial charge is 0.488 e. The average Bonchev–Trinajstić information content (AvgIpc) is 2.82. The standard InChI is InChI=1S/C28H19FO3/c1-31-25(19-28(30)32-27-11-5-8-22-7-2-3-10-26(22)27)17-12-20-6-4-9-23(18-20)21-13-15-24(29)16-14-21/h2-11,13-16,18-19H,1H3/b25-19-. The number of esters is 1. The van der Waals surface area contributed by atoms with Gasteiger partial charge < -0.3 is 9.47 Å². The van der Waals surface area contributed by atoms with Crippen molar-refractivity contribution < 1.29 is 18.7 Å². The van der Waals surface area contributed by atoms with E-state index in [1.165, 1.54) is 25.3 Å². The van der Waals surface area contributed by atoms with E-state index in [0.717, 1.165) is 27.5 Å². The Morgan fingerprint density at radius 2 is 1.62 bits per heavy atom. The highest BCUT2D eigenvalue weighted by atomic mass is 19.1. The molecule has 0 aliphatic carbocycles. The molecule has 0 fully saturated rings. The summed E-state index contributed by atoms with van der Waals surface area (Å²) in [6, 6.07) is 27.0. The second-order valence-electron chi connectivity index (χ2n) is 6.95. The molecule has 156 valence electrons. The van der Waals surface area contributed by atoms with Crippen molar-refractivity contribution in [1.82, 2.24) is 0 Å². The van der Waals surface area contributed by atoms with Gasteiger partial charge in [-0.05, 0) is 52.8 Å². The van der Waals surface area contributed by atoms with Gasteiger partial charge in [-0.2, -0.15) is 0 Å². The van der Waals surface area contributed by atoms with E-state index in [2.05, 4.69) is 11.8 Å². The van der Waals surface area contributed by atoms with Gasteiger partial charge in [-0.3, -0.25) is 0 Å². The number of carbonyl (C=O) groups is 1. The van der Waals surface area contributed by atoms with Gasteiger partial charge in [-0.25, -0.2) is 9.18 Å². The Bertz CT molecular complexity index is 1350. The molecule has 0 heterocycles. The predicted octanol–water partition coefficient (Wildman–Crippen LogP) is 6.13. The van der Waals surface area contributed by atoms with Crippen LogP contribution in [0.5, 0.6) is 5.75 Å². The Hall–Kier alpha value is -4.36. The fourth-order valence-corrected chi connectivity index (χ4v) is 3.23. The molecule has 4 heteroatoms.